The smallest absolute Gasteiger partial charge is 0.312 e. The molecular formula is C11H34O4Si5. The maximum Gasteiger partial charge on any atom is 0.312 e. The molecule has 0 heterocycles. The van der Waals surface area contributed by atoms with Gasteiger partial charge in [-0.3, -0.25) is 0 Å². The van der Waals surface area contributed by atoms with Crippen molar-refractivity contribution < 1.29 is 16.5 Å². The Balaban J connectivity index is 4.74. The van der Waals surface area contributed by atoms with Crippen LogP contribution in [0.25, 0.3) is 0 Å². The Hall–Kier alpha value is 0.924. The van der Waals surface area contributed by atoms with Gasteiger partial charge >= 0.3 is 26.4 Å². The molecule has 0 aromatic rings. The van der Waals surface area contributed by atoms with Gasteiger partial charge in [0, 0.05) is 0 Å². The highest BCUT2D eigenvalue weighted by Gasteiger charge is 2.38. The van der Waals surface area contributed by atoms with Crippen molar-refractivity contribution in [1.82, 2.24) is 0 Å². The van der Waals surface area contributed by atoms with Crippen molar-refractivity contribution in [1.29, 1.82) is 0 Å². The summed E-state index contributed by atoms with van der Waals surface area (Å²) in [6, 6.07) is 0. The summed E-state index contributed by atoms with van der Waals surface area (Å²) in [5.41, 5.74) is 0.434. The fourth-order valence-corrected chi connectivity index (χ4v) is 19.9. The first kappa shape index (κ1) is 20.9. The standard InChI is InChI=1S/C11H34O4Si5/c1-11(2)18(14-19(7,8)12-16(3)4)15-20(9,10)13-17(5)6/h11,16-18H,1-10H3. The van der Waals surface area contributed by atoms with Crippen molar-refractivity contribution in [3.63, 3.8) is 0 Å². The molecule has 0 unspecified atom stereocenters. The van der Waals surface area contributed by atoms with E-state index in [2.05, 4.69) is 66.2 Å². The highest BCUT2D eigenvalue weighted by molar-refractivity contribution is 6.82. The molecule has 0 radical (unpaired) electrons. The second-order valence-electron chi connectivity index (χ2n) is 6.98. The first-order chi connectivity index (χ1) is 8.84. The predicted octanol–water partition coefficient (Wildman–Crippen LogP) is 3.05. The Morgan fingerprint density at radius 2 is 0.950 bits per heavy atom. The lowest BCUT2D eigenvalue weighted by Gasteiger charge is -2.36. The minimum absolute atomic E-state index is 0.434. The van der Waals surface area contributed by atoms with Gasteiger partial charge in [-0.25, -0.2) is 0 Å². The summed E-state index contributed by atoms with van der Waals surface area (Å²) in [4.78, 5) is 0. The van der Waals surface area contributed by atoms with E-state index in [1.807, 2.05) is 0 Å². The molecule has 0 rings (SSSR count). The van der Waals surface area contributed by atoms with Crippen LogP contribution in [0.1, 0.15) is 13.8 Å². The molecule has 0 aliphatic rings. The van der Waals surface area contributed by atoms with Gasteiger partial charge in [-0.15, -0.1) is 0 Å². The van der Waals surface area contributed by atoms with E-state index < -0.39 is 44.5 Å². The molecule has 0 N–H and O–H groups in total. The van der Waals surface area contributed by atoms with E-state index in [4.69, 9.17) is 16.5 Å². The lowest BCUT2D eigenvalue weighted by atomic mass is 10.6. The summed E-state index contributed by atoms with van der Waals surface area (Å²) in [6.07, 6.45) is 0. The quantitative estimate of drug-likeness (QED) is 0.585. The van der Waals surface area contributed by atoms with Gasteiger partial charge in [0.1, 0.15) is 0 Å². The normalized spacial score (nSPS) is 14.1. The van der Waals surface area contributed by atoms with Gasteiger partial charge in [0.15, 0.2) is 18.1 Å². The van der Waals surface area contributed by atoms with E-state index in [1.54, 1.807) is 0 Å². The summed E-state index contributed by atoms with van der Waals surface area (Å²) in [6.45, 7) is 21.7. The molecule has 20 heavy (non-hydrogen) atoms. The minimum Gasteiger partial charge on any atom is -0.440 e. The van der Waals surface area contributed by atoms with Gasteiger partial charge in [0.05, 0.1) is 0 Å². The molecule has 0 aliphatic carbocycles. The number of rotatable bonds is 9. The van der Waals surface area contributed by atoms with Crippen molar-refractivity contribution >= 4 is 44.5 Å². The van der Waals surface area contributed by atoms with E-state index in [1.165, 1.54) is 0 Å². The van der Waals surface area contributed by atoms with Crippen molar-refractivity contribution in [3.05, 3.63) is 0 Å². The van der Waals surface area contributed by atoms with E-state index >= 15 is 0 Å². The van der Waals surface area contributed by atoms with Crippen molar-refractivity contribution in [3.8, 4) is 0 Å². The third kappa shape index (κ3) is 9.79. The second-order valence-corrected chi connectivity index (χ2v) is 22.6. The zero-order valence-corrected chi connectivity index (χ0v) is 20.4. The highest BCUT2D eigenvalue weighted by atomic mass is 28.5. The molecular weight excluding hydrogens is 337 g/mol. The molecule has 4 nitrogen and oxygen atoms in total. The average Bonchev–Trinajstić information content (AvgIpc) is 2.10. The van der Waals surface area contributed by atoms with Crippen molar-refractivity contribution in [2.45, 2.75) is 71.8 Å². The Bertz CT molecular complexity index is 260. The van der Waals surface area contributed by atoms with Crippen LogP contribution >= 0.6 is 0 Å². The van der Waals surface area contributed by atoms with Crippen LogP contribution in [-0.4, -0.2) is 44.5 Å². The Kier molecular flexibility index (Phi) is 8.92. The van der Waals surface area contributed by atoms with Crippen LogP contribution in [0.2, 0.25) is 57.9 Å². The Morgan fingerprint density at radius 3 is 1.15 bits per heavy atom. The number of hydrogen-bond acceptors (Lipinski definition) is 4. The van der Waals surface area contributed by atoms with E-state index in [-0.39, 0.29) is 0 Å². The lowest BCUT2D eigenvalue weighted by Crippen LogP contribution is -2.51. The average molecular weight is 371 g/mol. The molecule has 0 saturated heterocycles. The van der Waals surface area contributed by atoms with E-state index in [0.717, 1.165) is 0 Å². The summed E-state index contributed by atoms with van der Waals surface area (Å²) in [7, 11) is -8.01. The molecule has 0 bridgehead atoms. The monoisotopic (exact) mass is 370 g/mol. The van der Waals surface area contributed by atoms with Crippen LogP contribution < -0.4 is 0 Å². The molecule has 0 aliphatic heterocycles. The Morgan fingerprint density at radius 1 is 0.650 bits per heavy atom. The number of hydrogen-bond donors (Lipinski definition) is 0. The first-order valence-corrected chi connectivity index (χ1v) is 20.4. The van der Waals surface area contributed by atoms with Crippen LogP contribution in [0.3, 0.4) is 0 Å². The zero-order valence-electron chi connectivity index (χ0n) is 14.9. The summed E-state index contributed by atoms with van der Waals surface area (Å²) >= 11 is 0. The van der Waals surface area contributed by atoms with Crippen LogP contribution in [0.4, 0.5) is 0 Å². The molecule has 0 amide bonds. The zero-order chi connectivity index (χ0) is 16.1. The Labute approximate surface area is 133 Å². The van der Waals surface area contributed by atoms with Gasteiger partial charge in [-0.05, 0) is 57.9 Å². The van der Waals surface area contributed by atoms with Gasteiger partial charge in [-0.1, -0.05) is 13.8 Å². The molecule has 0 aromatic carbocycles. The fourth-order valence-electron chi connectivity index (χ4n) is 2.05. The maximum atomic E-state index is 6.37. The fraction of sp³-hybridized carbons (Fsp3) is 1.00. The third-order valence-electron chi connectivity index (χ3n) is 2.38. The van der Waals surface area contributed by atoms with Gasteiger partial charge < -0.3 is 16.5 Å². The molecule has 122 valence electrons. The van der Waals surface area contributed by atoms with Crippen LogP contribution in [0.5, 0.6) is 0 Å². The van der Waals surface area contributed by atoms with Crippen molar-refractivity contribution in [2.24, 2.45) is 0 Å². The lowest BCUT2D eigenvalue weighted by molar-refractivity contribution is 0.312. The molecule has 0 atom stereocenters. The minimum atomic E-state index is -2.06. The first-order valence-electron chi connectivity index (χ1n) is 7.56. The van der Waals surface area contributed by atoms with Gasteiger partial charge in [-0.2, -0.15) is 0 Å². The van der Waals surface area contributed by atoms with Crippen LogP contribution in [0, 0.1) is 0 Å². The predicted molar refractivity (Wildman–Crippen MR) is 99.3 cm³/mol. The summed E-state index contributed by atoms with van der Waals surface area (Å²) in [5, 5.41) is 0. The summed E-state index contributed by atoms with van der Waals surface area (Å²) < 4.78 is 24.9. The third-order valence-corrected chi connectivity index (χ3v) is 18.2. The molecule has 0 saturated carbocycles. The highest BCUT2D eigenvalue weighted by Crippen LogP contribution is 2.22. The van der Waals surface area contributed by atoms with E-state index in [0.29, 0.717) is 5.54 Å². The van der Waals surface area contributed by atoms with Gasteiger partial charge in [0.2, 0.25) is 0 Å². The van der Waals surface area contributed by atoms with Crippen molar-refractivity contribution in [2.75, 3.05) is 0 Å². The van der Waals surface area contributed by atoms with Gasteiger partial charge in [0.25, 0.3) is 0 Å². The molecule has 0 fully saturated rings. The summed E-state index contributed by atoms with van der Waals surface area (Å²) in [5.74, 6) is 0. The molecule has 9 heteroatoms. The maximum absolute atomic E-state index is 6.37. The molecule has 0 aromatic heterocycles. The topological polar surface area (TPSA) is 36.9 Å². The molecule has 0 spiro atoms. The van der Waals surface area contributed by atoms with E-state index in [9.17, 15) is 0 Å². The second kappa shape index (κ2) is 8.53. The SMILES string of the molecule is CC(C)[SiH](O[Si](C)(C)O[SiH](C)C)O[Si](C)(C)O[SiH](C)C. The van der Waals surface area contributed by atoms with Crippen LogP contribution in [-0.2, 0) is 16.5 Å². The largest absolute Gasteiger partial charge is 0.440 e. The van der Waals surface area contributed by atoms with Crippen LogP contribution in [0.15, 0.2) is 0 Å².